The number of hydrogen-bond donors (Lipinski definition) is 2. The van der Waals surface area contributed by atoms with E-state index >= 15 is 0 Å². The predicted octanol–water partition coefficient (Wildman–Crippen LogP) is 2.61. The number of carbonyl (C=O) groups excluding carboxylic acids is 2. The molecule has 2 N–H and O–H groups in total. The first-order valence-electron chi connectivity index (χ1n) is 8.16. The van der Waals surface area contributed by atoms with Gasteiger partial charge in [-0.05, 0) is 43.3 Å². The molecule has 1 atom stereocenters. The average molecular weight is 386 g/mol. The van der Waals surface area contributed by atoms with Crippen LogP contribution in [0.4, 0.5) is 0 Å². The van der Waals surface area contributed by atoms with Crippen LogP contribution in [-0.2, 0) is 9.53 Å². The molecule has 3 aromatic rings. The van der Waals surface area contributed by atoms with Crippen LogP contribution >= 0.6 is 11.6 Å². The zero-order chi connectivity index (χ0) is 19.4. The van der Waals surface area contributed by atoms with Crippen LogP contribution < -0.4 is 10.9 Å². The second-order valence-electron chi connectivity index (χ2n) is 5.79. The highest BCUT2D eigenvalue weighted by Crippen LogP contribution is 2.14. The van der Waals surface area contributed by atoms with Crippen LogP contribution in [0.3, 0.4) is 0 Å². The third-order valence-corrected chi connectivity index (χ3v) is 4.08. The first-order valence-corrected chi connectivity index (χ1v) is 8.54. The van der Waals surface area contributed by atoms with Crippen LogP contribution in [0, 0.1) is 0 Å². The molecule has 8 heteroatoms. The van der Waals surface area contributed by atoms with Crippen LogP contribution in [0.5, 0.6) is 0 Å². The van der Waals surface area contributed by atoms with Gasteiger partial charge in [-0.15, -0.1) is 0 Å². The largest absolute Gasteiger partial charge is 0.453 e. The summed E-state index contributed by atoms with van der Waals surface area (Å²) in [5, 5.41) is 3.43. The van der Waals surface area contributed by atoms with Crippen molar-refractivity contribution in [3.8, 4) is 0 Å². The first kappa shape index (κ1) is 18.6. The minimum absolute atomic E-state index is 0.232. The van der Waals surface area contributed by atoms with Crippen LogP contribution in [0.2, 0.25) is 5.02 Å². The zero-order valence-corrected chi connectivity index (χ0v) is 15.1. The summed E-state index contributed by atoms with van der Waals surface area (Å²) in [6.07, 6.45) is -0.776. The molecule has 0 spiro atoms. The summed E-state index contributed by atoms with van der Waals surface area (Å²) in [6.45, 7) is 1.27. The number of nitrogens with one attached hydrogen (secondary N) is 2. The van der Waals surface area contributed by atoms with Crippen LogP contribution in [-0.4, -0.2) is 28.4 Å². The standard InChI is InChI=1S/C19H16ClN3O4/c1-11(17-22-15-5-3-2-4-14(15)19(26)23-17)27-16(24)10-21-18(25)12-6-8-13(20)9-7-12/h2-9,11H,10H2,1H3,(H,21,25)(H,22,23,26)/t11-/m1/s1. The molecule has 7 nitrogen and oxygen atoms in total. The fraction of sp³-hybridized carbons (Fsp3) is 0.158. The number of H-pyrrole nitrogens is 1. The smallest absolute Gasteiger partial charge is 0.326 e. The number of para-hydroxylation sites is 1. The summed E-state index contributed by atoms with van der Waals surface area (Å²) in [7, 11) is 0. The van der Waals surface area contributed by atoms with E-state index in [-0.39, 0.29) is 17.9 Å². The lowest BCUT2D eigenvalue weighted by Gasteiger charge is -2.13. The Morgan fingerprint density at radius 2 is 1.89 bits per heavy atom. The van der Waals surface area contributed by atoms with E-state index in [0.29, 0.717) is 21.5 Å². The maximum Gasteiger partial charge on any atom is 0.326 e. The van der Waals surface area contributed by atoms with Gasteiger partial charge in [0.1, 0.15) is 6.54 Å². The van der Waals surface area contributed by atoms with Gasteiger partial charge in [-0.2, -0.15) is 0 Å². The molecule has 0 aliphatic carbocycles. The molecule has 0 saturated heterocycles. The highest BCUT2D eigenvalue weighted by Gasteiger charge is 2.16. The van der Waals surface area contributed by atoms with Gasteiger partial charge < -0.3 is 15.0 Å². The molecule has 3 rings (SSSR count). The van der Waals surface area contributed by atoms with Crippen molar-refractivity contribution in [2.45, 2.75) is 13.0 Å². The maximum absolute atomic E-state index is 12.1. The fourth-order valence-corrected chi connectivity index (χ4v) is 2.57. The van der Waals surface area contributed by atoms with Gasteiger partial charge in [-0.1, -0.05) is 23.7 Å². The van der Waals surface area contributed by atoms with Gasteiger partial charge in [-0.25, -0.2) is 4.98 Å². The normalized spacial score (nSPS) is 11.8. The van der Waals surface area contributed by atoms with Gasteiger partial charge in [0.05, 0.1) is 10.9 Å². The second kappa shape index (κ2) is 8.01. The van der Waals surface area contributed by atoms with E-state index in [1.54, 1.807) is 55.5 Å². The highest BCUT2D eigenvalue weighted by molar-refractivity contribution is 6.30. The fourth-order valence-electron chi connectivity index (χ4n) is 2.45. The molecule has 0 aliphatic rings. The minimum atomic E-state index is -0.776. The van der Waals surface area contributed by atoms with Crippen molar-refractivity contribution in [3.63, 3.8) is 0 Å². The lowest BCUT2D eigenvalue weighted by molar-refractivity contribution is -0.147. The number of aromatic amines is 1. The number of carbonyl (C=O) groups is 2. The van der Waals surface area contributed by atoms with Crippen molar-refractivity contribution in [1.29, 1.82) is 0 Å². The summed E-state index contributed by atoms with van der Waals surface area (Å²) < 4.78 is 5.24. The Morgan fingerprint density at radius 3 is 2.63 bits per heavy atom. The summed E-state index contributed by atoms with van der Waals surface area (Å²) in [5.41, 5.74) is 0.575. The van der Waals surface area contributed by atoms with E-state index in [1.807, 2.05) is 0 Å². The molecular weight excluding hydrogens is 370 g/mol. The van der Waals surface area contributed by atoms with Crippen LogP contribution in [0.1, 0.15) is 29.2 Å². The number of fused-ring (bicyclic) bond motifs is 1. The number of hydrogen-bond acceptors (Lipinski definition) is 5. The summed E-state index contributed by atoms with van der Waals surface area (Å²) in [5.74, 6) is -0.842. The molecule has 1 aromatic heterocycles. The third-order valence-electron chi connectivity index (χ3n) is 3.82. The number of ether oxygens (including phenoxy) is 1. The molecular formula is C19H16ClN3O4. The van der Waals surface area contributed by atoms with Crippen molar-refractivity contribution >= 4 is 34.4 Å². The van der Waals surface area contributed by atoms with E-state index in [2.05, 4.69) is 15.3 Å². The van der Waals surface area contributed by atoms with Crippen LogP contribution in [0.25, 0.3) is 10.9 Å². The van der Waals surface area contributed by atoms with Gasteiger partial charge in [0.2, 0.25) is 0 Å². The molecule has 0 fully saturated rings. The lowest BCUT2D eigenvalue weighted by Crippen LogP contribution is -2.31. The Labute approximate surface area is 159 Å². The molecule has 27 heavy (non-hydrogen) atoms. The first-order chi connectivity index (χ1) is 12.9. The number of esters is 1. The number of rotatable bonds is 5. The van der Waals surface area contributed by atoms with E-state index in [1.165, 1.54) is 0 Å². The Kier molecular flexibility index (Phi) is 5.52. The van der Waals surface area contributed by atoms with Crippen LogP contribution in [0.15, 0.2) is 53.3 Å². The molecule has 1 amide bonds. The Hall–Kier alpha value is -3.19. The molecule has 0 radical (unpaired) electrons. The van der Waals surface area contributed by atoms with E-state index in [4.69, 9.17) is 16.3 Å². The highest BCUT2D eigenvalue weighted by atomic mass is 35.5. The van der Waals surface area contributed by atoms with Gasteiger partial charge in [-0.3, -0.25) is 14.4 Å². The molecule has 0 saturated carbocycles. The summed E-state index contributed by atoms with van der Waals surface area (Å²) >= 11 is 5.77. The SMILES string of the molecule is C[C@@H](OC(=O)CNC(=O)c1ccc(Cl)cc1)c1nc2ccccc2c(=O)[nH]1. The number of nitrogens with zero attached hydrogens (tertiary/aromatic N) is 1. The summed E-state index contributed by atoms with van der Waals surface area (Å²) in [6, 6.07) is 13.1. The maximum atomic E-state index is 12.1. The van der Waals surface area contributed by atoms with Crippen molar-refractivity contribution in [3.05, 3.63) is 75.3 Å². The van der Waals surface area contributed by atoms with Crippen molar-refractivity contribution < 1.29 is 14.3 Å². The van der Waals surface area contributed by atoms with E-state index in [9.17, 15) is 14.4 Å². The molecule has 0 aliphatic heterocycles. The number of amides is 1. The van der Waals surface area contributed by atoms with Gasteiger partial charge in [0.15, 0.2) is 11.9 Å². The zero-order valence-electron chi connectivity index (χ0n) is 14.4. The minimum Gasteiger partial charge on any atom is -0.453 e. The Bertz CT molecular complexity index is 1050. The van der Waals surface area contributed by atoms with E-state index < -0.39 is 18.0 Å². The van der Waals surface area contributed by atoms with Gasteiger partial charge in [0, 0.05) is 10.6 Å². The Morgan fingerprint density at radius 1 is 1.19 bits per heavy atom. The molecule has 2 aromatic carbocycles. The van der Waals surface area contributed by atoms with Crippen molar-refractivity contribution in [2.24, 2.45) is 0 Å². The second-order valence-corrected chi connectivity index (χ2v) is 6.23. The van der Waals surface area contributed by atoms with Crippen molar-refractivity contribution in [1.82, 2.24) is 15.3 Å². The number of halogens is 1. The topological polar surface area (TPSA) is 101 Å². The quantitative estimate of drug-likeness (QED) is 0.657. The van der Waals surface area contributed by atoms with Gasteiger partial charge >= 0.3 is 5.97 Å². The molecule has 138 valence electrons. The molecule has 0 unspecified atom stereocenters. The Balaban J connectivity index is 1.61. The van der Waals surface area contributed by atoms with Crippen molar-refractivity contribution in [2.75, 3.05) is 6.54 Å². The molecule has 0 bridgehead atoms. The predicted molar refractivity (Wildman–Crippen MR) is 101 cm³/mol. The summed E-state index contributed by atoms with van der Waals surface area (Å²) in [4.78, 5) is 43.0. The molecule has 1 heterocycles. The number of benzene rings is 2. The number of aromatic nitrogens is 2. The average Bonchev–Trinajstić information content (AvgIpc) is 2.66. The van der Waals surface area contributed by atoms with Gasteiger partial charge in [0.25, 0.3) is 11.5 Å². The monoisotopic (exact) mass is 385 g/mol. The third kappa shape index (κ3) is 4.51. The van der Waals surface area contributed by atoms with E-state index in [0.717, 1.165) is 0 Å². The lowest BCUT2D eigenvalue weighted by atomic mass is 10.2.